The largest absolute Gasteiger partial charge is 0.445 e. The van der Waals surface area contributed by atoms with E-state index >= 15 is 0 Å². The maximum Gasteiger partial charge on any atom is 0.410 e. The van der Waals surface area contributed by atoms with E-state index in [1.54, 1.807) is 25.7 Å². The molecule has 2 fully saturated rings. The summed E-state index contributed by atoms with van der Waals surface area (Å²) in [5, 5.41) is 2.64. The average molecular weight is 496 g/mol. The van der Waals surface area contributed by atoms with Crippen molar-refractivity contribution in [2.24, 2.45) is 5.92 Å². The van der Waals surface area contributed by atoms with Gasteiger partial charge in [-0.3, -0.25) is 4.79 Å². The molecule has 1 atom stereocenters. The molecule has 35 heavy (non-hydrogen) atoms. The van der Waals surface area contributed by atoms with E-state index in [9.17, 15) is 23.2 Å². The number of hydrogen-bond donors (Lipinski definition) is 1. The van der Waals surface area contributed by atoms with Crippen LogP contribution in [0.2, 0.25) is 0 Å². The molecule has 0 spiro atoms. The number of hydrogen-bond acceptors (Lipinski definition) is 5. The monoisotopic (exact) mass is 495 g/mol. The van der Waals surface area contributed by atoms with Crippen LogP contribution < -0.4 is 5.32 Å². The zero-order valence-electron chi connectivity index (χ0n) is 20.6. The first kappa shape index (κ1) is 26.7. The van der Waals surface area contributed by atoms with Crippen LogP contribution in [0.1, 0.15) is 52.0 Å². The predicted molar refractivity (Wildman–Crippen MR) is 125 cm³/mol. The van der Waals surface area contributed by atoms with Crippen molar-refractivity contribution in [3.05, 3.63) is 35.9 Å². The van der Waals surface area contributed by atoms with Gasteiger partial charge in [-0.05, 0) is 45.1 Å². The van der Waals surface area contributed by atoms with Crippen LogP contribution in [-0.2, 0) is 20.9 Å². The van der Waals surface area contributed by atoms with Gasteiger partial charge in [-0.1, -0.05) is 30.3 Å². The van der Waals surface area contributed by atoms with Crippen molar-refractivity contribution in [1.82, 2.24) is 15.1 Å². The van der Waals surface area contributed by atoms with Crippen LogP contribution in [0.3, 0.4) is 0 Å². The third-order valence-electron chi connectivity index (χ3n) is 6.23. The first-order chi connectivity index (χ1) is 16.4. The van der Waals surface area contributed by atoms with Crippen LogP contribution in [0, 0.1) is 5.92 Å². The molecule has 1 saturated heterocycles. The number of nitrogens with zero attached hydrogens (tertiary/aromatic N) is 2. The molecule has 0 aromatic heterocycles. The second kappa shape index (κ2) is 11.2. The lowest BCUT2D eigenvalue weighted by molar-refractivity contribution is -0.138. The zero-order chi connectivity index (χ0) is 25.6. The third-order valence-corrected chi connectivity index (χ3v) is 6.23. The topological polar surface area (TPSA) is 88.2 Å². The van der Waals surface area contributed by atoms with Crippen molar-refractivity contribution in [2.75, 3.05) is 26.2 Å². The summed E-state index contributed by atoms with van der Waals surface area (Å²) in [6.45, 7) is 6.36. The number of nitrogens with one attached hydrogen (secondary N) is 1. The molecule has 0 unspecified atom stereocenters. The summed E-state index contributed by atoms with van der Waals surface area (Å²) in [6, 6.07) is 8.38. The van der Waals surface area contributed by atoms with E-state index in [1.165, 1.54) is 4.90 Å². The van der Waals surface area contributed by atoms with Crippen molar-refractivity contribution in [3.8, 4) is 0 Å². The van der Waals surface area contributed by atoms with Gasteiger partial charge in [0.15, 0.2) is 0 Å². The molecule has 1 aromatic rings. The molecule has 8 nitrogen and oxygen atoms in total. The summed E-state index contributed by atoms with van der Waals surface area (Å²) >= 11 is 0. The molecular formula is C25H35F2N3O5. The molecule has 1 aliphatic carbocycles. The van der Waals surface area contributed by atoms with Gasteiger partial charge >= 0.3 is 12.2 Å². The van der Waals surface area contributed by atoms with Gasteiger partial charge in [0.05, 0.1) is 0 Å². The van der Waals surface area contributed by atoms with Gasteiger partial charge in [0.1, 0.15) is 18.2 Å². The van der Waals surface area contributed by atoms with Gasteiger partial charge in [0.2, 0.25) is 11.8 Å². The van der Waals surface area contributed by atoms with E-state index in [2.05, 4.69) is 5.32 Å². The van der Waals surface area contributed by atoms with Crippen molar-refractivity contribution in [1.29, 1.82) is 0 Å². The highest BCUT2D eigenvalue weighted by molar-refractivity contribution is 5.86. The molecule has 3 rings (SSSR count). The molecule has 1 heterocycles. The van der Waals surface area contributed by atoms with Crippen LogP contribution in [0.4, 0.5) is 18.4 Å². The highest BCUT2D eigenvalue weighted by Crippen LogP contribution is 2.38. The van der Waals surface area contributed by atoms with E-state index in [-0.39, 0.29) is 64.4 Å². The summed E-state index contributed by atoms with van der Waals surface area (Å²) in [5.74, 6) is -3.51. The first-order valence-corrected chi connectivity index (χ1v) is 12.1. The van der Waals surface area contributed by atoms with Crippen molar-refractivity contribution >= 4 is 18.1 Å². The first-order valence-electron chi connectivity index (χ1n) is 12.1. The summed E-state index contributed by atoms with van der Waals surface area (Å²) in [5.41, 5.74) is 0.118. The Morgan fingerprint density at radius 3 is 2.17 bits per heavy atom. The normalized spacial score (nSPS) is 19.6. The SMILES string of the molecule is CC(C)(C)OC(=O)N[C@H](C(=O)N1CCN(C(=O)OCc2ccccc2)CC1)C1CCC(F)(F)CC1. The highest BCUT2D eigenvalue weighted by Gasteiger charge is 2.42. The second-order valence-electron chi connectivity index (χ2n) is 10.2. The number of carbonyl (C=O) groups excluding carboxylic acids is 3. The van der Waals surface area contributed by atoms with E-state index < -0.39 is 35.7 Å². The Balaban J connectivity index is 1.58. The van der Waals surface area contributed by atoms with E-state index in [0.29, 0.717) is 0 Å². The van der Waals surface area contributed by atoms with Gasteiger partial charge in [0.25, 0.3) is 0 Å². The third kappa shape index (κ3) is 8.07. The lowest BCUT2D eigenvalue weighted by Crippen LogP contribution is -2.58. The lowest BCUT2D eigenvalue weighted by Gasteiger charge is -2.39. The number of alkyl carbamates (subject to hydrolysis) is 1. The Morgan fingerprint density at radius 1 is 1.03 bits per heavy atom. The molecule has 1 saturated carbocycles. The van der Waals surface area contributed by atoms with Gasteiger partial charge in [0, 0.05) is 39.0 Å². The van der Waals surface area contributed by atoms with Crippen LogP contribution in [0.15, 0.2) is 30.3 Å². The van der Waals surface area contributed by atoms with Crippen LogP contribution in [-0.4, -0.2) is 71.6 Å². The van der Waals surface area contributed by atoms with Crippen molar-refractivity contribution in [3.63, 3.8) is 0 Å². The van der Waals surface area contributed by atoms with Gasteiger partial charge < -0.3 is 24.6 Å². The maximum atomic E-state index is 13.7. The predicted octanol–water partition coefficient (Wildman–Crippen LogP) is 4.19. The molecule has 1 N–H and O–H groups in total. The number of halogens is 2. The van der Waals surface area contributed by atoms with E-state index in [1.807, 2.05) is 30.3 Å². The Bertz CT molecular complexity index is 873. The fraction of sp³-hybridized carbons (Fsp3) is 0.640. The molecule has 10 heteroatoms. The maximum absolute atomic E-state index is 13.7. The number of amides is 3. The standard InChI is InChI=1S/C25H35F2N3O5/c1-24(2,3)35-22(32)28-20(19-9-11-25(26,27)12-10-19)21(31)29-13-15-30(16-14-29)23(33)34-17-18-7-5-4-6-8-18/h4-8,19-20H,9-17H2,1-3H3,(H,28,32)/t20-/m0/s1. The Hall–Kier alpha value is -2.91. The van der Waals surface area contributed by atoms with Gasteiger partial charge in [-0.15, -0.1) is 0 Å². The molecule has 1 aliphatic heterocycles. The fourth-order valence-corrected chi connectivity index (χ4v) is 4.33. The number of ether oxygens (including phenoxy) is 2. The summed E-state index contributed by atoms with van der Waals surface area (Å²) in [4.78, 5) is 41.3. The smallest absolute Gasteiger partial charge is 0.410 e. The number of rotatable bonds is 5. The Morgan fingerprint density at radius 2 is 1.60 bits per heavy atom. The minimum Gasteiger partial charge on any atom is -0.445 e. The minimum atomic E-state index is -2.75. The molecule has 3 amide bonds. The molecular weight excluding hydrogens is 460 g/mol. The Labute approximate surface area is 204 Å². The number of piperazine rings is 1. The zero-order valence-corrected chi connectivity index (χ0v) is 20.6. The summed E-state index contributed by atoms with van der Waals surface area (Å²) in [7, 11) is 0. The van der Waals surface area contributed by atoms with Gasteiger partial charge in [-0.25, -0.2) is 18.4 Å². The molecule has 2 aliphatic rings. The fourth-order valence-electron chi connectivity index (χ4n) is 4.33. The van der Waals surface area contributed by atoms with Crippen molar-refractivity contribution < 1.29 is 32.6 Å². The number of benzene rings is 1. The lowest BCUT2D eigenvalue weighted by atomic mass is 9.81. The molecule has 0 bridgehead atoms. The number of carbonyl (C=O) groups is 3. The highest BCUT2D eigenvalue weighted by atomic mass is 19.3. The van der Waals surface area contributed by atoms with E-state index in [0.717, 1.165) is 5.56 Å². The minimum absolute atomic E-state index is 0.130. The number of alkyl halides is 2. The van der Waals surface area contributed by atoms with Crippen molar-refractivity contribution in [2.45, 2.75) is 70.6 Å². The molecule has 1 aromatic carbocycles. The van der Waals surface area contributed by atoms with Gasteiger partial charge in [-0.2, -0.15) is 0 Å². The Kier molecular flexibility index (Phi) is 8.56. The van der Waals surface area contributed by atoms with Crippen LogP contribution in [0.5, 0.6) is 0 Å². The molecule has 194 valence electrons. The average Bonchev–Trinajstić information content (AvgIpc) is 2.80. The summed E-state index contributed by atoms with van der Waals surface area (Å²) < 4.78 is 38.1. The second-order valence-corrected chi connectivity index (χ2v) is 10.2. The van der Waals surface area contributed by atoms with Crippen LogP contribution >= 0.6 is 0 Å². The quantitative estimate of drug-likeness (QED) is 0.662. The molecule has 0 radical (unpaired) electrons. The van der Waals surface area contributed by atoms with Crippen LogP contribution in [0.25, 0.3) is 0 Å². The summed E-state index contributed by atoms with van der Waals surface area (Å²) in [6.07, 6.45) is -1.59. The van der Waals surface area contributed by atoms with E-state index in [4.69, 9.17) is 9.47 Å².